The summed E-state index contributed by atoms with van der Waals surface area (Å²) in [4.78, 5) is 17.0. The Hall–Kier alpha value is -1.38. The second kappa shape index (κ2) is 9.60. The zero-order valence-electron chi connectivity index (χ0n) is 15.0. The van der Waals surface area contributed by atoms with Gasteiger partial charge in [0.2, 0.25) is 0 Å². The Labute approximate surface area is 136 Å². The number of Topliss-reactive ketones (excluding diaryl/α,β-unsaturated/α-hetero) is 1. The van der Waals surface area contributed by atoms with Gasteiger partial charge < -0.3 is 9.69 Å². The lowest BCUT2D eigenvalue weighted by Crippen LogP contribution is -2.21. The molecule has 0 spiro atoms. The Kier molecular flexibility index (Phi) is 8.15. The van der Waals surface area contributed by atoms with Crippen molar-refractivity contribution >= 4 is 11.5 Å². The lowest BCUT2D eigenvalue weighted by molar-refractivity contribution is -0.117. The fourth-order valence-corrected chi connectivity index (χ4v) is 2.94. The van der Waals surface area contributed by atoms with Gasteiger partial charge in [-0.2, -0.15) is 0 Å². The van der Waals surface area contributed by atoms with E-state index in [0.29, 0.717) is 0 Å². The first kappa shape index (κ1) is 18.7. The van der Waals surface area contributed by atoms with Gasteiger partial charge in [0.25, 0.3) is 0 Å². The Morgan fingerprint density at radius 1 is 1.36 bits per heavy atom. The van der Waals surface area contributed by atoms with E-state index in [2.05, 4.69) is 36.7 Å². The molecule has 1 aliphatic heterocycles. The number of rotatable bonds is 5. The van der Waals surface area contributed by atoms with Crippen LogP contribution in [0.4, 0.5) is 5.69 Å². The molecule has 1 aliphatic rings. The molecule has 0 unspecified atom stereocenters. The normalized spacial score (nSPS) is 17.1. The number of pyridine rings is 1. The summed E-state index contributed by atoms with van der Waals surface area (Å²) in [6.07, 6.45) is 7.35. The highest BCUT2D eigenvalue weighted by Crippen LogP contribution is 2.28. The molecule has 0 aromatic carbocycles. The lowest BCUT2D eigenvalue weighted by Gasteiger charge is -2.22. The molecule has 1 saturated heterocycles. The summed E-state index contributed by atoms with van der Waals surface area (Å²) in [5, 5.41) is 0. The van der Waals surface area contributed by atoms with Crippen molar-refractivity contribution in [1.29, 1.82) is 0 Å². The van der Waals surface area contributed by atoms with Gasteiger partial charge >= 0.3 is 0 Å². The summed E-state index contributed by atoms with van der Waals surface area (Å²) >= 11 is 0. The topological polar surface area (TPSA) is 33.2 Å². The average molecular weight is 304 g/mol. The van der Waals surface area contributed by atoms with E-state index in [1.54, 1.807) is 6.92 Å². The minimum atomic E-state index is 0.289. The summed E-state index contributed by atoms with van der Waals surface area (Å²) in [7, 11) is 0. The van der Waals surface area contributed by atoms with Crippen molar-refractivity contribution in [2.24, 2.45) is 5.92 Å². The molecular formula is C19H32N2O. The maximum absolute atomic E-state index is 10.0. The molecule has 3 nitrogen and oxygen atoms in total. The van der Waals surface area contributed by atoms with Gasteiger partial charge in [0, 0.05) is 37.1 Å². The lowest BCUT2D eigenvalue weighted by atomic mass is 10.1. The first-order valence-electron chi connectivity index (χ1n) is 8.68. The van der Waals surface area contributed by atoms with Crippen LogP contribution in [-0.4, -0.2) is 23.9 Å². The SMILES string of the molecule is CCCC(C)=O.CCCc1c(N2CC[C@@H](C)C2)ccnc1C. The number of anilines is 1. The van der Waals surface area contributed by atoms with Crippen LogP contribution in [0.15, 0.2) is 12.3 Å². The molecule has 3 heteroatoms. The number of carbonyl (C=O) groups excluding carboxylic acids is 1. The molecule has 0 radical (unpaired) electrons. The summed E-state index contributed by atoms with van der Waals surface area (Å²) < 4.78 is 0. The smallest absolute Gasteiger partial charge is 0.129 e. The van der Waals surface area contributed by atoms with Crippen LogP contribution in [0.5, 0.6) is 0 Å². The number of nitrogens with zero attached hydrogens (tertiary/aromatic N) is 2. The van der Waals surface area contributed by atoms with Gasteiger partial charge in [-0.05, 0) is 50.7 Å². The van der Waals surface area contributed by atoms with E-state index < -0.39 is 0 Å². The molecule has 0 bridgehead atoms. The van der Waals surface area contributed by atoms with E-state index in [1.807, 2.05) is 13.1 Å². The molecule has 22 heavy (non-hydrogen) atoms. The van der Waals surface area contributed by atoms with E-state index in [1.165, 1.54) is 42.9 Å². The van der Waals surface area contributed by atoms with E-state index in [4.69, 9.17) is 0 Å². The van der Waals surface area contributed by atoms with Crippen LogP contribution >= 0.6 is 0 Å². The predicted octanol–water partition coefficient (Wildman–Crippen LogP) is 4.56. The first-order chi connectivity index (χ1) is 10.5. The monoisotopic (exact) mass is 304 g/mol. The van der Waals surface area contributed by atoms with E-state index >= 15 is 0 Å². The molecule has 1 aromatic rings. The maximum atomic E-state index is 10.0. The fraction of sp³-hybridized carbons (Fsp3) is 0.684. The molecule has 0 amide bonds. The average Bonchev–Trinajstić information content (AvgIpc) is 2.88. The maximum Gasteiger partial charge on any atom is 0.129 e. The van der Waals surface area contributed by atoms with Crippen molar-refractivity contribution in [3.8, 4) is 0 Å². The minimum absolute atomic E-state index is 0.289. The van der Waals surface area contributed by atoms with Gasteiger partial charge in [-0.15, -0.1) is 0 Å². The predicted molar refractivity (Wildman–Crippen MR) is 94.6 cm³/mol. The molecule has 2 rings (SSSR count). The van der Waals surface area contributed by atoms with E-state index in [0.717, 1.165) is 25.2 Å². The third-order valence-electron chi connectivity index (χ3n) is 4.11. The van der Waals surface area contributed by atoms with Gasteiger partial charge in [-0.25, -0.2) is 0 Å². The van der Waals surface area contributed by atoms with Gasteiger partial charge in [-0.3, -0.25) is 4.98 Å². The van der Waals surface area contributed by atoms with Gasteiger partial charge in [0.15, 0.2) is 0 Å². The number of hydrogen-bond donors (Lipinski definition) is 0. The second-order valence-electron chi connectivity index (χ2n) is 6.44. The third kappa shape index (κ3) is 5.78. The van der Waals surface area contributed by atoms with Gasteiger partial charge in [0.1, 0.15) is 5.78 Å². The van der Waals surface area contributed by atoms with Crippen LogP contribution in [0.2, 0.25) is 0 Å². The Morgan fingerprint density at radius 2 is 2.09 bits per heavy atom. The third-order valence-corrected chi connectivity index (χ3v) is 4.11. The number of carbonyl (C=O) groups is 1. The van der Waals surface area contributed by atoms with E-state index in [-0.39, 0.29) is 5.78 Å². The zero-order valence-corrected chi connectivity index (χ0v) is 15.0. The van der Waals surface area contributed by atoms with Crippen LogP contribution in [0.25, 0.3) is 0 Å². The van der Waals surface area contributed by atoms with Crippen LogP contribution in [0, 0.1) is 12.8 Å². The van der Waals surface area contributed by atoms with Crippen LogP contribution in [0.3, 0.4) is 0 Å². The molecule has 0 N–H and O–H groups in total. The van der Waals surface area contributed by atoms with Crippen molar-refractivity contribution < 1.29 is 4.79 Å². The molecule has 124 valence electrons. The van der Waals surface area contributed by atoms with Gasteiger partial charge in [0.05, 0.1) is 0 Å². The quantitative estimate of drug-likeness (QED) is 0.799. The Bertz CT molecular complexity index is 471. The summed E-state index contributed by atoms with van der Waals surface area (Å²) in [5.74, 6) is 1.13. The van der Waals surface area contributed by atoms with Crippen LogP contribution in [-0.2, 0) is 11.2 Å². The zero-order chi connectivity index (χ0) is 16.5. The van der Waals surface area contributed by atoms with E-state index in [9.17, 15) is 4.79 Å². The number of aromatic nitrogens is 1. The van der Waals surface area contributed by atoms with Crippen molar-refractivity contribution in [1.82, 2.24) is 4.98 Å². The molecular weight excluding hydrogens is 272 g/mol. The van der Waals surface area contributed by atoms with Crippen molar-refractivity contribution in [2.75, 3.05) is 18.0 Å². The summed E-state index contributed by atoms with van der Waals surface area (Å²) in [6.45, 7) is 12.7. The summed E-state index contributed by atoms with van der Waals surface area (Å²) in [6, 6.07) is 2.19. The molecule has 1 atom stereocenters. The highest BCUT2D eigenvalue weighted by atomic mass is 16.1. The molecule has 1 fully saturated rings. The van der Waals surface area contributed by atoms with Crippen molar-refractivity contribution in [3.63, 3.8) is 0 Å². The van der Waals surface area contributed by atoms with Gasteiger partial charge in [-0.1, -0.05) is 27.2 Å². The highest BCUT2D eigenvalue weighted by Gasteiger charge is 2.21. The molecule has 2 heterocycles. The highest BCUT2D eigenvalue weighted by molar-refractivity contribution is 5.75. The van der Waals surface area contributed by atoms with Crippen molar-refractivity contribution in [2.45, 2.75) is 66.7 Å². The largest absolute Gasteiger partial charge is 0.371 e. The molecule has 0 aliphatic carbocycles. The first-order valence-corrected chi connectivity index (χ1v) is 8.68. The minimum Gasteiger partial charge on any atom is -0.371 e. The number of ketones is 1. The number of aryl methyl sites for hydroxylation is 1. The molecule has 1 aromatic heterocycles. The number of hydrogen-bond acceptors (Lipinski definition) is 3. The molecule has 0 saturated carbocycles. The second-order valence-corrected chi connectivity index (χ2v) is 6.44. The van der Waals surface area contributed by atoms with Crippen molar-refractivity contribution in [3.05, 3.63) is 23.5 Å². The van der Waals surface area contributed by atoms with Crippen LogP contribution < -0.4 is 4.90 Å². The fourth-order valence-electron chi connectivity index (χ4n) is 2.94. The Balaban J connectivity index is 0.000000346. The Morgan fingerprint density at radius 3 is 2.55 bits per heavy atom. The van der Waals surface area contributed by atoms with Crippen LogP contribution in [0.1, 0.15) is 64.6 Å². The standard InChI is InChI=1S/C14H22N2.C5H10O/c1-4-5-13-12(3)15-8-6-14(13)16-9-7-11(2)10-16;1-3-4-5(2)6/h6,8,11H,4-5,7,9-10H2,1-3H3;3-4H2,1-2H3/t11-;/m1./s1. The summed E-state index contributed by atoms with van der Waals surface area (Å²) in [5.41, 5.74) is 4.09.